The summed E-state index contributed by atoms with van der Waals surface area (Å²) in [6, 6.07) is 8.37. The topological polar surface area (TPSA) is 42.0 Å². The molecule has 0 aliphatic heterocycles. The summed E-state index contributed by atoms with van der Waals surface area (Å²) in [6.45, 7) is 0. The Morgan fingerprint density at radius 1 is 1.27 bits per heavy atom. The van der Waals surface area contributed by atoms with E-state index in [0.29, 0.717) is 17.0 Å². The maximum absolute atomic E-state index is 13.3. The standard InChI is InChI=1S/C20H23FN2OS2/c1-25-15-9-7-14(8-10-15)20(11-16(20)13-5-3-2-4-6-13)18(24)23-19-22-12-17(21)26-19/h7-10,12-13,16H,2-6,11H2,1H3,(H,22,23,24)/t16-,20-/m0/s1. The molecule has 1 aromatic carbocycles. The number of hydrogen-bond donors (Lipinski definition) is 1. The van der Waals surface area contributed by atoms with Crippen LogP contribution in [-0.4, -0.2) is 17.1 Å². The fourth-order valence-electron chi connectivity index (χ4n) is 4.53. The second-order valence-corrected chi connectivity index (χ2v) is 9.19. The lowest BCUT2D eigenvalue weighted by molar-refractivity contribution is -0.119. The first-order chi connectivity index (χ1) is 12.6. The quantitative estimate of drug-likeness (QED) is 0.687. The second-order valence-electron chi connectivity index (χ2n) is 7.33. The van der Waals surface area contributed by atoms with Gasteiger partial charge in [-0.1, -0.05) is 55.6 Å². The highest BCUT2D eigenvalue weighted by Gasteiger charge is 2.63. The van der Waals surface area contributed by atoms with Crippen molar-refractivity contribution in [3.8, 4) is 0 Å². The normalized spacial score (nSPS) is 25.8. The first-order valence-electron chi connectivity index (χ1n) is 9.21. The van der Waals surface area contributed by atoms with Crippen LogP contribution in [0.15, 0.2) is 35.4 Å². The number of amides is 1. The Labute approximate surface area is 161 Å². The summed E-state index contributed by atoms with van der Waals surface area (Å²) in [5, 5.41) is 2.86. The molecule has 1 aromatic heterocycles. The van der Waals surface area contributed by atoms with Crippen LogP contribution in [-0.2, 0) is 10.2 Å². The number of anilines is 1. The number of carbonyl (C=O) groups is 1. The molecule has 0 saturated heterocycles. The maximum atomic E-state index is 13.3. The lowest BCUT2D eigenvalue weighted by atomic mass is 9.80. The molecule has 138 valence electrons. The van der Waals surface area contributed by atoms with Gasteiger partial charge in [0.15, 0.2) is 10.3 Å². The van der Waals surface area contributed by atoms with Gasteiger partial charge in [-0.25, -0.2) is 4.98 Å². The summed E-state index contributed by atoms with van der Waals surface area (Å²) < 4.78 is 13.3. The Bertz CT molecular complexity index is 785. The second kappa shape index (κ2) is 7.31. The molecule has 1 amide bonds. The van der Waals surface area contributed by atoms with Crippen LogP contribution >= 0.6 is 23.1 Å². The van der Waals surface area contributed by atoms with Gasteiger partial charge in [0.2, 0.25) is 5.91 Å². The van der Waals surface area contributed by atoms with Gasteiger partial charge >= 0.3 is 0 Å². The Balaban J connectivity index is 1.62. The zero-order valence-corrected chi connectivity index (χ0v) is 16.5. The minimum atomic E-state index is -0.485. The van der Waals surface area contributed by atoms with Crippen molar-refractivity contribution in [1.82, 2.24) is 4.98 Å². The number of aromatic nitrogens is 1. The van der Waals surface area contributed by atoms with Gasteiger partial charge in [0.05, 0.1) is 11.6 Å². The van der Waals surface area contributed by atoms with Gasteiger partial charge in [-0.3, -0.25) is 4.79 Å². The van der Waals surface area contributed by atoms with Gasteiger partial charge in [-0.05, 0) is 42.2 Å². The predicted molar refractivity (Wildman–Crippen MR) is 105 cm³/mol. The number of benzene rings is 1. The van der Waals surface area contributed by atoms with Crippen molar-refractivity contribution in [2.24, 2.45) is 11.8 Å². The van der Waals surface area contributed by atoms with Gasteiger partial charge < -0.3 is 5.32 Å². The monoisotopic (exact) mass is 390 g/mol. The highest BCUT2D eigenvalue weighted by atomic mass is 32.2. The molecule has 0 unspecified atom stereocenters. The van der Waals surface area contributed by atoms with Crippen LogP contribution in [0.3, 0.4) is 0 Å². The smallest absolute Gasteiger partial charge is 0.237 e. The predicted octanol–water partition coefficient (Wildman–Crippen LogP) is 5.48. The summed E-state index contributed by atoms with van der Waals surface area (Å²) in [5.41, 5.74) is 0.599. The zero-order chi connectivity index (χ0) is 18.1. The number of carbonyl (C=O) groups excluding carboxylic acids is 1. The van der Waals surface area contributed by atoms with E-state index in [1.165, 1.54) is 37.0 Å². The molecule has 2 aliphatic rings. The van der Waals surface area contributed by atoms with Crippen molar-refractivity contribution >= 4 is 34.1 Å². The van der Waals surface area contributed by atoms with E-state index in [0.717, 1.165) is 29.5 Å². The third kappa shape index (κ3) is 3.29. The van der Waals surface area contributed by atoms with Gasteiger partial charge in [0.1, 0.15) is 0 Å². The highest BCUT2D eigenvalue weighted by Crippen LogP contribution is 2.61. The van der Waals surface area contributed by atoms with Crippen molar-refractivity contribution in [3.63, 3.8) is 0 Å². The molecule has 0 bridgehead atoms. The van der Waals surface area contributed by atoms with Crippen molar-refractivity contribution in [3.05, 3.63) is 41.2 Å². The van der Waals surface area contributed by atoms with Crippen LogP contribution in [0.1, 0.15) is 44.1 Å². The number of hydrogen-bond acceptors (Lipinski definition) is 4. The highest BCUT2D eigenvalue weighted by molar-refractivity contribution is 7.98. The number of halogens is 1. The largest absolute Gasteiger partial charge is 0.301 e. The van der Waals surface area contributed by atoms with Crippen LogP contribution in [0.5, 0.6) is 0 Å². The van der Waals surface area contributed by atoms with Crippen molar-refractivity contribution in [1.29, 1.82) is 0 Å². The van der Waals surface area contributed by atoms with Crippen molar-refractivity contribution in [2.45, 2.75) is 48.8 Å². The number of thioether (sulfide) groups is 1. The third-order valence-electron chi connectivity index (χ3n) is 5.94. The summed E-state index contributed by atoms with van der Waals surface area (Å²) in [6.07, 6.45) is 10.4. The first kappa shape index (κ1) is 18.0. The van der Waals surface area contributed by atoms with Crippen LogP contribution in [0.25, 0.3) is 0 Å². The van der Waals surface area contributed by atoms with E-state index in [4.69, 9.17) is 0 Å². The van der Waals surface area contributed by atoms with Crippen molar-refractivity contribution < 1.29 is 9.18 Å². The molecule has 1 N–H and O–H groups in total. The molecule has 3 nitrogen and oxygen atoms in total. The average molecular weight is 391 g/mol. The van der Waals surface area contributed by atoms with E-state index in [1.54, 1.807) is 11.8 Å². The summed E-state index contributed by atoms with van der Waals surface area (Å²) in [4.78, 5) is 18.4. The molecule has 6 heteroatoms. The average Bonchev–Trinajstić information content (AvgIpc) is 3.32. The van der Waals surface area contributed by atoms with E-state index in [-0.39, 0.29) is 11.0 Å². The minimum Gasteiger partial charge on any atom is -0.301 e. The van der Waals surface area contributed by atoms with E-state index in [1.807, 2.05) is 0 Å². The number of rotatable bonds is 5. The SMILES string of the molecule is CSc1ccc([C@@]2(C(=O)Nc3ncc(F)s3)C[C@H]2C2CCCCC2)cc1. The van der Waals surface area contributed by atoms with E-state index < -0.39 is 5.41 Å². The summed E-state index contributed by atoms with van der Waals surface area (Å²) in [5.74, 6) is 0.967. The van der Waals surface area contributed by atoms with E-state index in [2.05, 4.69) is 40.8 Å². The molecule has 2 atom stereocenters. The fraction of sp³-hybridized carbons (Fsp3) is 0.500. The fourth-order valence-corrected chi connectivity index (χ4v) is 5.47. The van der Waals surface area contributed by atoms with Crippen LogP contribution in [0.2, 0.25) is 0 Å². The Morgan fingerprint density at radius 2 is 2.00 bits per heavy atom. The van der Waals surface area contributed by atoms with Crippen LogP contribution < -0.4 is 5.32 Å². The Hall–Kier alpha value is -1.40. The Kier molecular flexibility index (Phi) is 5.06. The van der Waals surface area contributed by atoms with Crippen LogP contribution in [0, 0.1) is 17.0 Å². The molecule has 0 radical (unpaired) electrons. The molecule has 2 aliphatic carbocycles. The third-order valence-corrected chi connectivity index (χ3v) is 7.39. The molecule has 0 spiro atoms. The number of nitrogens with zero attached hydrogens (tertiary/aromatic N) is 1. The molecule has 1 heterocycles. The molecule has 4 rings (SSSR count). The van der Waals surface area contributed by atoms with Crippen molar-refractivity contribution in [2.75, 3.05) is 11.6 Å². The van der Waals surface area contributed by atoms with Gasteiger partial charge in [0.25, 0.3) is 0 Å². The van der Waals surface area contributed by atoms with Gasteiger partial charge in [-0.2, -0.15) is 4.39 Å². The molecule has 2 aromatic rings. The zero-order valence-electron chi connectivity index (χ0n) is 14.8. The molecule has 2 fully saturated rings. The molecule has 26 heavy (non-hydrogen) atoms. The number of thiazole rings is 1. The first-order valence-corrected chi connectivity index (χ1v) is 11.2. The maximum Gasteiger partial charge on any atom is 0.237 e. The van der Waals surface area contributed by atoms with Gasteiger partial charge in [-0.15, -0.1) is 11.8 Å². The Morgan fingerprint density at radius 3 is 2.62 bits per heavy atom. The lowest BCUT2D eigenvalue weighted by Crippen LogP contribution is -2.32. The molecular weight excluding hydrogens is 367 g/mol. The summed E-state index contributed by atoms with van der Waals surface area (Å²) >= 11 is 2.59. The van der Waals surface area contributed by atoms with E-state index in [9.17, 15) is 9.18 Å². The van der Waals surface area contributed by atoms with Crippen LogP contribution in [0.4, 0.5) is 9.52 Å². The summed E-state index contributed by atoms with van der Waals surface area (Å²) in [7, 11) is 0. The van der Waals surface area contributed by atoms with Gasteiger partial charge in [0, 0.05) is 4.90 Å². The number of nitrogens with one attached hydrogen (secondary N) is 1. The minimum absolute atomic E-state index is 0.0284. The van der Waals surface area contributed by atoms with E-state index >= 15 is 0 Å². The molecule has 2 saturated carbocycles. The molecular formula is C20H23FN2OS2. The lowest BCUT2D eigenvalue weighted by Gasteiger charge is -2.25.